The molecule has 0 unspecified atom stereocenters. The molecule has 1 aliphatic carbocycles. The monoisotopic (exact) mass is 225 g/mol. The Labute approximate surface area is 93.0 Å². The second kappa shape index (κ2) is 3.81. The highest BCUT2D eigenvalue weighted by Gasteiger charge is 2.41. The molecule has 0 aliphatic heterocycles. The third kappa shape index (κ3) is 2.28. The first-order valence-electron chi connectivity index (χ1n) is 4.92. The Kier molecular flexibility index (Phi) is 2.65. The van der Waals surface area contributed by atoms with E-state index in [1.54, 1.807) is 12.3 Å². The van der Waals surface area contributed by atoms with Crippen molar-refractivity contribution in [3.8, 4) is 0 Å². The van der Waals surface area contributed by atoms with E-state index < -0.39 is 0 Å². The van der Waals surface area contributed by atoms with Gasteiger partial charge < -0.3 is 16.0 Å². The van der Waals surface area contributed by atoms with Crippen molar-refractivity contribution in [2.45, 2.75) is 17.6 Å². The lowest BCUT2D eigenvalue weighted by Crippen LogP contribution is -2.31. The first-order valence-corrected chi connectivity index (χ1v) is 6.15. The summed E-state index contributed by atoms with van der Waals surface area (Å²) in [4.78, 5) is 14.5. The number of carbonyl (C=O) groups is 1. The number of anilines is 1. The van der Waals surface area contributed by atoms with Gasteiger partial charge in [-0.2, -0.15) is 11.8 Å². The second-order valence-electron chi connectivity index (χ2n) is 3.92. The van der Waals surface area contributed by atoms with Gasteiger partial charge in [0.05, 0.1) is 0 Å². The smallest absolute Gasteiger partial charge is 0.267 e. The third-order valence-corrected chi connectivity index (χ3v) is 4.18. The number of H-pyrrole nitrogens is 1. The van der Waals surface area contributed by atoms with Gasteiger partial charge in [-0.1, -0.05) is 0 Å². The van der Waals surface area contributed by atoms with Crippen molar-refractivity contribution in [3.05, 3.63) is 18.0 Å². The number of aromatic amines is 1. The summed E-state index contributed by atoms with van der Waals surface area (Å²) in [5.74, 6) is -0.0768. The molecule has 1 fully saturated rings. The number of nitrogens with one attached hydrogen (secondary N) is 2. The van der Waals surface area contributed by atoms with E-state index in [0.29, 0.717) is 16.1 Å². The Morgan fingerprint density at radius 2 is 2.47 bits per heavy atom. The van der Waals surface area contributed by atoms with Crippen LogP contribution in [0.25, 0.3) is 0 Å². The van der Waals surface area contributed by atoms with Crippen molar-refractivity contribution >= 4 is 23.4 Å². The van der Waals surface area contributed by atoms with Gasteiger partial charge in [0.1, 0.15) is 5.69 Å². The molecule has 4 nitrogen and oxygen atoms in total. The Hall–Kier alpha value is -1.10. The molecule has 0 spiro atoms. The van der Waals surface area contributed by atoms with Crippen molar-refractivity contribution in [1.82, 2.24) is 10.3 Å². The lowest BCUT2D eigenvalue weighted by Gasteiger charge is -2.12. The molecule has 0 saturated heterocycles. The summed E-state index contributed by atoms with van der Waals surface area (Å²) in [6.45, 7) is 0.742. The minimum absolute atomic E-state index is 0.0768. The molecule has 5 heteroatoms. The Balaban J connectivity index is 1.88. The van der Waals surface area contributed by atoms with Crippen molar-refractivity contribution in [1.29, 1.82) is 0 Å². The van der Waals surface area contributed by atoms with Gasteiger partial charge in [-0.15, -0.1) is 0 Å². The van der Waals surface area contributed by atoms with Gasteiger partial charge in [0, 0.05) is 23.2 Å². The van der Waals surface area contributed by atoms with Crippen LogP contribution in [0.3, 0.4) is 0 Å². The minimum atomic E-state index is -0.0768. The number of nitrogen functional groups attached to an aromatic ring is 1. The number of amides is 1. The molecule has 1 saturated carbocycles. The van der Waals surface area contributed by atoms with E-state index in [4.69, 9.17) is 5.73 Å². The van der Waals surface area contributed by atoms with Crippen LogP contribution in [0.15, 0.2) is 12.3 Å². The minimum Gasteiger partial charge on any atom is -0.397 e. The highest BCUT2D eigenvalue weighted by molar-refractivity contribution is 8.00. The summed E-state index contributed by atoms with van der Waals surface area (Å²) >= 11 is 1.83. The summed E-state index contributed by atoms with van der Waals surface area (Å²) in [7, 11) is 0. The average molecular weight is 225 g/mol. The number of thioether (sulfide) groups is 1. The topological polar surface area (TPSA) is 70.9 Å². The highest BCUT2D eigenvalue weighted by Crippen LogP contribution is 2.46. The molecule has 0 aromatic carbocycles. The lowest BCUT2D eigenvalue weighted by atomic mass is 10.3. The van der Waals surface area contributed by atoms with Crippen LogP contribution in [0.1, 0.15) is 23.3 Å². The summed E-state index contributed by atoms with van der Waals surface area (Å²) < 4.78 is 0.299. The molecule has 82 valence electrons. The molecule has 0 bridgehead atoms. The van der Waals surface area contributed by atoms with Crippen molar-refractivity contribution in [2.75, 3.05) is 18.5 Å². The third-order valence-electron chi connectivity index (χ3n) is 2.76. The summed E-state index contributed by atoms with van der Waals surface area (Å²) in [6, 6.07) is 1.65. The number of nitrogens with two attached hydrogens (primary N) is 1. The highest BCUT2D eigenvalue weighted by atomic mass is 32.2. The molecule has 4 N–H and O–H groups in total. The van der Waals surface area contributed by atoms with Crippen molar-refractivity contribution in [2.24, 2.45) is 0 Å². The van der Waals surface area contributed by atoms with Crippen molar-refractivity contribution < 1.29 is 4.79 Å². The van der Waals surface area contributed by atoms with E-state index in [0.717, 1.165) is 6.54 Å². The van der Waals surface area contributed by atoms with Gasteiger partial charge in [0.2, 0.25) is 0 Å². The predicted octanol–water partition coefficient (Wildman–Crippen LogP) is 1.22. The zero-order valence-corrected chi connectivity index (χ0v) is 9.49. The van der Waals surface area contributed by atoms with Gasteiger partial charge in [0.25, 0.3) is 5.91 Å². The van der Waals surface area contributed by atoms with Crippen LogP contribution in [0.4, 0.5) is 5.69 Å². The zero-order chi connectivity index (χ0) is 10.9. The van der Waals surface area contributed by atoms with Crippen LogP contribution in [0, 0.1) is 0 Å². The molecule has 1 aromatic heterocycles. The van der Waals surface area contributed by atoms with E-state index in [9.17, 15) is 4.79 Å². The Morgan fingerprint density at radius 3 is 2.93 bits per heavy atom. The van der Waals surface area contributed by atoms with Crippen LogP contribution in [0.2, 0.25) is 0 Å². The molecule has 1 aromatic rings. The van der Waals surface area contributed by atoms with Gasteiger partial charge in [-0.05, 0) is 25.2 Å². The van der Waals surface area contributed by atoms with Gasteiger partial charge in [0.15, 0.2) is 0 Å². The van der Waals surface area contributed by atoms with Gasteiger partial charge in [-0.25, -0.2) is 0 Å². The number of rotatable bonds is 4. The van der Waals surface area contributed by atoms with E-state index in [1.807, 2.05) is 11.8 Å². The fourth-order valence-corrected chi connectivity index (χ4v) is 2.20. The molecule has 1 amide bonds. The molecule has 2 rings (SSSR count). The standard InChI is InChI=1S/C10H15N3OS/c1-15-10(2-3-10)6-13-9(14)8-4-7(11)5-12-8/h4-5,12H,2-3,6,11H2,1H3,(H,13,14). The SMILES string of the molecule is CSC1(CNC(=O)c2cc(N)c[nH]2)CC1. The van der Waals surface area contributed by atoms with Gasteiger partial charge >= 0.3 is 0 Å². The summed E-state index contributed by atoms with van der Waals surface area (Å²) in [6.07, 6.45) is 6.10. The molecule has 15 heavy (non-hydrogen) atoms. The number of hydrogen-bond donors (Lipinski definition) is 3. The summed E-state index contributed by atoms with van der Waals surface area (Å²) in [5, 5.41) is 2.92. The average Bonchev–Trinajstić information content (AvgIpc) is 2.90. The number of carbonyl (C=O) groups excluding carboxylic acids is 1. The first kappa shape index (κ1) is 10.4. The lowest BCUT2D eigenvalue weighted by molar-refractivity contribution is 0.0948. The van der Waals surface area contributed by atoms with E-state index in [1.165, 1.54) is 12.8 Å². The van der Waals surface area contributed by atoms with Crippen LogP contribution in [-0.4, -0.2) is 28.4 Å². The predicted molar refractivity (Wildman–Crippen MR) is 63.0 cm³/mol. The molecular formula is C10H15N3OS. The summed E-state index contributed by atoms with van der Waals surface area (Å²) in [5.41, 5.74) is 6.64. The normalized spacial score (nSPS) is 17.4. The Morgan fingerprint density at radius 1 is 1.73 bits per heavy atom. The maximum absolute atomic E-state index is 11.6. The molecule has 1 aliphatic rings. The fourth-order valence-electron chi connectivity index (χ4n) is 1.47. The van der Waals surface area contributed by atoms with Gasteiger partial charge in [-0.3, -0.25) is 4.79 Å². The Bertz CT molecular complexity index is 370. The van der Waals surface area contributed by atoms with Crippen LogP contribution in [0.5, 0.6) is 0 Å². The quantitative estimate of drug-likeness (QED) is 0.721. The number of hydrogen-bond acceptors (Lipinski definition) is 3. The van der Waals surface area contributed by atoms with E-state index >= 15 is 0 Å². The van der Waals surface area contributed by atoms with E-state index in [-0.39, 0.29) is 5.91 Å². The van der Waals surface area contributed by atoms with Crippen LogP contribution >= 0.6 is 11.8 Å². The molecule has 1 heterocycles. The number of aromatic nitrogens is 1. The fraction of sp³-hybridized carbons (Fsp3) is 0.500. The molecular weight excluding hydrogens is 210 g/mol. The second-order valence-corrected chi connectivity index (χ2v) is 5.19. The maximum Gasteiger partial charge on any atom is 0.267 e. The first-order chi connectivity index (χ1) is 7.15. The molecule has 0 atom stereocenters. The largest absolute Gasteiger partial charge is 0.397 e. The van der Waals surface area contributed by atoms with Crippen molar-refractivity contribution in [3.63, 3.8) is 0 Å². The van der Waals surface area contributed by atoms with Crippen LogP contribution in [-0.2, 0) is 0 Å². The zero-order valence-electron chi connectivity index (χ0n) is 8.67. The molecule has 0 radical (unpaired) electrons. The maximum atomic E-state index is 11.6. The van der Waals surface area contributed by atoms with Crippen LogP contribution < -0.4 is 11.1 Å². The van der Waals surface area contributed by atoms with E-state index in [2.05, 4.69) is 16.6 Å².